The van der Waals surface area contributed by atoms with E-state index in [9.17, 15) is 9.59 Å². The van der Waals surface area contributed by atoms with E-state index in [0.29, 0.717) is 23.9 Å². The Balaban J connectivity index is 2.00. The highest BCUT2D eigenvalue weighted by Gasteiger charge is 2.28. The highest BCUT2D eigenvalue weighted by atomic mass is 32.2. The van der Waals surface area contributed by atoms with Crippen LogP contribution in [-0.4, -0.2) is 58.2 Å². The summed E-state index contributed by atoms with van der Waals surface area (Å²) in [6.07, 6.45) is 1.46. The predicted molar refractivity (Wildman–Crippen MR) is 79.9 cm³/mol. The number of hydrogen-bond acceptors (Lipinski definition) is 5. The lowest BCUT2D eigenvalue weighted by atomic mass is 10.2. The minimum atomic E-state index is -0.897. The molecule has 21 heavy (non-hydrogen) atoms. The molecular weight excluding hydrogens is 294 g/mol. The Morgan fingerprint density at radius 3 is 3.00 bits per heavy atom. The molecule has 1 aliphatic rings. The van der Waals surface area contributed by atoms with E-state index >= 15 is 0 Å². The Labute approximate surface area is 126 Å². The van der Waals surface area contributed by atoms with E-state index in [2.05, 4.69) is 10.3 Å². The number of hydrogen-bond donors (Lipinski definition) is 2. The third-order valence-electron chi connectivity index (χ3n) is 3.10. The van der Waals surface area contributed by atoms with Crippen molar-refractivity contribution < 1.29 is 19.4 Å². The van der Waals surface area contributed by atoms with Crippen LogP contribution in [0.25, 0.3) is 0 Å². The van der Waals surface area contributed by atoms with Gasteiger partial charge in [-0.25, -0.2) is 9.78 Å². The first-order chi connectivity index (χ1) is 10.1. The van der Waals surface area contributed by atoms with Crippen LogP contribution in [0.5, 0.6) is 5.88 Å². The fourth-order valence-electron chi connectivity index (χ4n) is 2.06. The summed E-state index contributed by atoms with van der Waals surface area (Å²) in [5, 5.41) is 11.7. The number of pyridine rings is 1. The van der Waals surface area contributed by atoms with Gasteiger partial charge in [-0.3, -0.25) is 4.79 Å². The summed E-state index contributed by atoms with van der Waals surface area (Å²) in [4.78, 5) is 28.7. The third kappa shape index (κ3) is 4.25. The Morgan fingerprint density at radius 1 is 1.57 bits per heavy atom. The van der Waals surface area contributed by atoms with E-state index in [1.807, 2.05) is 0 Å². The molecule has 1 saturated heterocycles. The summed E-state index contributed by atoms with van der Waals surface area (Å²) >= 11 is 1.66. The van der Waals surface area contributed by atoms with E-state index in [-0.39, 0.29) is 18.5 Å². The van der Waals surface area contributed by atoms with E-state index in [4.69, 9.17) is 9.84 Å². The molecule has 1 fully saturated rings. The van der Waals surface area contributed by atoms with Crippen molar-refractivity contribution in [3.63, 3.8) is 0 Å². The number of ether oxygens (including phenoxy) is 1. The van der Waals surface area contributed by atoms with Gasteiger partial charge in [-0.15, -0.1) is 0 Å². The average molecular weight is 311 g/mol. The van der Waals surface area contributed by atoms with Crippen LogP contribution < -0.4 is 10.1 Å². The van der Waals surface area contributed by atoms with Crippen LogP contribution >= 0.6 is 11.8 Å². The van der Waals surface area contributed by atoms with Gasteiger partial charge in [0.05, 0.1) is 31.5 Å². The highest BCUT2D eigenvalue weighted by molar-refractivity contribution is 7.99. The lowest BCUT2D eigenvalue weighted by Crippen LogP contribution is -2.48. The number of thioether (sulfide) groups is 1. The van der Waals surface area contributed by atoms with Gasteiger partial charge in [0.25, 0.3) is 0 Å². The van der Waals surface area contributed by atoms with Crippen molar-refractivity contribution in [2.75, 3.05) is 30.5 Å². The maximum Gasteiger partial charge on any atom is 0.322 e. The van der Waals surface area contributed by atoms with Crippen LogP contribution in [0.4, 0.5) is 10.5 Å². The molecule has 1 aromatic heterocycles. The molecule has 114 valence electrons. The zero-order valence-corrected chi connectivity index (χ0v) is 12.4. The number of amides is 2. The topological polar surface area (TPSA) is 91.8 Å². The van der Waals surface area contributed by atoms with Crippen molar-refractivity contribution in [2.24, 2.45) is 0 Å². The van der Waals surface area contributed by atoms with Crippen molar-refractivity contribution in [3.8, 4) is 5.88 Å². The number of carbonyl (C=O) groups excluding carboxylic acids is 1. The number of anilines is 1. The van der Waals surface area contributed by atoms with Gasteiger partial charge in [-0.1, -0.05) is 0 Å². The number of nitrogens with zero attached hydrogens (tertiary/aromatic N) is 2. The molecule has 1 aliphatic heterocycles. The van der Waals surface area contributed by atoms with Gasteiger partial charge >= 0.3 is 12.0 Å². The van der Waals surface area contributed by atoms with Crippen molar-refractivity contribution in [2.45, 2.75) is 12.5 Å². The van der Waals surface area contributed by atoms with Crippen molar-refractivity contribution in [1.29, 1.82) is 0 Å². The number of aromatic nitrogens is 1. The van der Waals surface area contributed by atoms with Crippen molar-refractivity contribution in [1.82, 2.24) is 9.88 Å². The average Bonchev–Trinajstić information content (AvgIpc) is 2.48. The molecule has 7 nitrogen and oxygen atoms in total. The molecule has 0 radical (unpaired) electrons. The summed E-state index contributed by atoms with van der Waals surface area (Å²) in [6.45, 7) is 0.540. The Bertz CT molecular complexity index is 509. The van der Waals surface area contributed by atoms with Crippen LogP contribution in [0.1, 0.15) is 6.42 Å². The Morgan fingerprint density at radius 2 is 2.38 bits per heavy atom. The highest BCUT2D eigenvalue weighted by Crippen LogP contribution is 2.20. The monoisotopic (exact) mass is 311 g/mol. The SMILES string of the molecule is COc1ccc(NC(=O)N2CCSCC2CC(=O)O)cn1. The molecule has 2 heterocycles. The predicted octanol–water partition coefficient (Wildman–Crippen LogP) is 1.51. The first-order valence-electron chi connectivity index (χ1n) is 6.47. The van der Waals surface area contributed by atoms with Crippen LogP contribution in [-0.2, 0) is 4.79 Å². The summed E-state index contributed by atoms with van der Waals surface area (Å²) in [5.74, 6) is 1.02. The molecule has 1 aromatic rings. The quantitative estimate of drug-likeness (QED) is 0.876. The zero-order chi connectivity index (χ0) is 15.2. The lowest BCUT2D eigenvalue weighted by Gasteiger charge is -2.34. The van der Waals surface area contributed by atoms with E-state index in [1.165, 1.54) is 13.3 Å². The van der Waals surface area contributed by atoms with Gasteiger partial charge in [0.1, 0.15) is 0 Å². The number of carbonyl (C=O) groups is 2. The summed E-state index contributed by atoms with van der Waals surface area (Å²) in [5.41, 5.74) is 0.549. The van der Waals surface area contributed by atoms with Crippen LogP contribution in [0.2, 0.25) is 0 Å². The molecule has 1 atom stereocenters. The molecule has 0 saturated carbocycles. The number of rotatable bonds is 4. The smallest absolute Gasteiger partial charge is 0.322 e. The second-order valence-corrected chi connectivity index (χ2v) is 5.69. The molecule has 0 spiro atoms. The molecule has 1 unspecified atom stereocenters. The van der Waals surface area contributed by atoms with E-state index in [0.717, 1.165) is 5.75 Å². The fraction of sp³-hybridized carbons (Fsp3) is 0.462. The molecule has 2 rings (SSSR count). The molecular formula is C13H17N3O4S. The summed E-state index contributed by atoms with van der Waals surface area (Å²) in [7, 11) is 1.52. The maximum absolute atomic E-state index is 12.3. The Hall–Kier alpha value is -1.96. The Kier molecular flexibility index (Phi) is 5.26. The van der Waals surface area contributed by atoms with E-state index in [1.54, 1.807) is 28.8 Å². The first-order valence-corrected chi connectivity index (χ1v) is 7.63. The van der Waals surface area contributed by atoms with Gasteiger partial charge in [0.2, 0.25) is 5.88 Å². The van der Waals surface area contributed by atoms with Crippen LogP contribution in [0.15, 0.2) is 18.3 Å². The normalized spacial score (nSPS) is 18.1. The van der Waals surface area contributed by atoms with Crippen molar-refractivity contribution >= 4 is 29.4 Å². The third-order valence-corrected chi connectivity index (χ3v) is 4.19. The largest absolute Gasteiger partial charge is 0.481 e. The molecule has 0 aromatic carbocycles. The standard InChI is InChI=1S/C13H17N3O4S/c1-20-11-3-2-9(7-14-11)15-13(19)16-4-5-21-8-10(16)6-12(17)18/h2-3,7,10H,4-6,8H2,1H3,(H,15,19)(H,17,18). The molecule has 2 amide bonds. The van der Waals surface area contributed by atoms with Gasteiger partial charge in [0.15, 0.2) is 0 Å². The van der Waals surface area contributed by atoms with Gasteiger partial charge in [0, 0.05) is 24.1 Å². The van der Waals surface area contributed by atoms with Crippen LogP contribution in [0, 0.1) is 0 Å². The fourth-order valence-corrected chi connectivity index (χ4v) is 3.13. The number of urea groups is 1. The van der Waals surface area contributed by atoms with Crippen molar-refractivity contribution in [3.05, 3.63) is 18.3 Å². The van der Waals surface area contributed by atoms with Gasteiger partial charge in [-0.05, 0) is 6.07 Å². The van der Waals surface area contributed by atoms with Crippen LogP contribution in [0.3, 0.4) is 0 Å². The van der Waals surface area contributed by atoms with E-state index < -0.39 is 5.97 Å². The number of nitrogens with one attached hydrogen (secondary N) is 1. The number of methoxy groups -OCH3 is 1. The molecule has 0 aliphatic carbocycles. The summed E-state index contributed by atoms with van der Waals surface area (Å²) < 4.78 is 4.95. The second kappa shape index (κ2) is 7.16. The van der Waals surface area contributed by atoms with Gasteiger partial charge < -0.3 is 20.1 Å². The first kappa shape index (κ1) is 15.4. The second-order valence-electron chi connectivity index (χ2n) is 4.54. The lowest BCUT2D eigenvalue weighted by molar-refractivity contribution is -0.137. The minimum Gasteiger partial charge on any atom is -0.481 e. The number of carboxylic acid groups (broad SMARTS) is 1. The number of aliphatic carboxylic acids is 1. The minimum absolute atomic E-state index is 0.0404. The molecule has 8 heteroatoms. The van der Waals surface area contributed by atoms with Gasteiger partial charge in [-0.2, -0.15) is 11.8 Å². The molecule has 0 bridgehead atoms. The molecule has 2 N–H and O–H groups in total. The summed E-state index contributed by atoms with van der Waals surface area (Å²) in [6, 6.07) is 2.76. The number of carboxylic acids is 1. The zero-order valence-electron chi connectivity index (χ0n) is 11.6. The maximum atomic E-state index is 12.3.